The van der Waals surface area contributed by atoms with Gasteiger partial charge in [0.1, 0.15) is 6.10 Å². The van der Waals surface area contributed by atoms with Crippen LogP contribution in [-0.2, 0) is 4.74 Å². The molecule has 1 aliphatic heterocycles. The summed E-state index contributed by atoms with van der Waals surface area (Å²) < 4.78 is 5.44. The third kappa shape index (κ3) is 5.29. The highest BCUT2D eigenvalue weighted by Crippen LogP contribution is 2.19. The van der Waals surface area contributed by atoms with E-state index in [4.69, 9.17) is 4.74 Å². The summed E-state index contributed by atoms with van der Waals surface area (Å²) in [5.41, 5.74) is 0. The lowest BCUT2D eigenvalue weighted by molar-refractivity contribution is 0.148. The first kappa shape index (κ1) is 14.5. The molecule has 104 valence electrons. The summed E-state index contributed by atoms with van der Waals surface area (Å²) in [4.78, 5) is 3.88. The van der Waals surface area contributed by atoms with Gasteiger partial charge in [0.2, 0.25) is 0 Å². The van der Waals surface area contributed by atoms with Gasteiger partial charge >= 0.3 is 0 Å². The van der Waals surface area contributed by atoms with Crippen molar-refractivity contribution in [2.75, 3.05) is 25.4 Å². The van der Waals surface area contributed by atoms with Crippen LogP contribution in [0.15, 0.2) is 48.1 Å². The summed E-state index contributed by atoms with van der Waals surface area (Å²) in [6.07, 6.45) is 5.65. The molecule has 1 fully saturated rings. The molecule has 0 aromatic heterocycles. The number of benzene rings is 1. The average Bonchev–Trinajstić information content (AvgIpc) is 2.88. The maximum Gasteiger partial charge on any atom is 0.112 e. The second-order valence-corrected chi connectivity index (χ2v) is 6.05. The monoisotopic (exact) mass is 277 g/mol. The Kier molecular flexibility index (Phi) is 6.31. The lowest BCUT2D eigenvalue weighted by atomic mass is 10.3. The van der Waals surface area contributed by atoms with Gasteiger partial charge in [0.15, 0.2) is 0 Å². The summed E-state index contributed by atoms with van der Waals surface area (Å²) >= 11 is 1.96. The van der Waals surface area contributed by atoms with E-state index in [-0.39, 0.29) is 0 Å². The standard InChI is InChI=1S/C16H23NOS/c1-2-18-15-10-12-17(14-15)11-6-7-13-19-16-8-4-3-5-9-16/h2-5,8-9,15H,1,6-7,10-14H2. The van der Waals surface area contributed by atoms with E-state index in [1.165, 1.54) is 36.6 Å². The van der Waals surface area contributed by atoms with Gasteiger partial charge in [0.05, 0.1) is 6.26 Å². The molecule has 1 saturated heterocycles. The molecule has 1 aromatic rings. The summed E-state index contributed by atoms with van der Waals surface area (Å²) in [5.74, 6) is 1.21. The Balaban J connectivity index is 1.52. The molecule has 0 N–H and O–H groups in total. The third-order valence-electron chi connectivity index (χ3n) is 3.40. The van der Waals surface area contributed by atoms with Crippen molar-refractivity contribution >= 4 is 11.8 Å². The number of ether oxygens (including phenoxy) is 1. The van der Waals surface area contributed by atoms with Crippen molar-refractivity contribution in [2.24, 2.45) is 0 Å². The SMILES string of the molecule is C=COC1CCN(CCCCSc2ccccc2)C1. The normalized spacial score (nSPS) is 19.5. The van der Waals surface area contributed by atoms with Crippen molar-refractivity contribution in [3.8, 4) is 0 Å². The minimum absolute atomic E-state index is 0.371. The Bertz CT molecular complexity index is 368. The largest absolute Gasteiger partial charge is 0.497 e. The molecule has 0 spiro atoms. The van der Waals surface area contributed by atoms with E-state index in [0.717, 1.165) is 13.0 Å². The quantitative estimate of drug-likeness (QED) is 0.407. The highest BCUT2D eigenvalue weighted by Gasteiger charge is 2.21. The van der Waals surface area contributed by atoms with Gasteiger partial charge in [-0.3, -0.25) is 4.90 Å². The van der Waals surface area contributed by atoms with E-state index in [2.05, 4.69) is 41.8 Å². The summed E-state index contributed by atoms with van der Waals surface area (Å²) in [5, 5.41) is 0. The molecule has 1 aromatic carbocycles. The molecule has 3 heteroatoms. The number of hydrogen-bond donors (Lipinski definition) is 0. The zero-order valence-electron chi connectivity index (χ0n) is 11.5. The smallest absolute Gasteiger partial charge is 0.112 e. The fraction of sp³-hybridized carbons (Fsp3) is 0.500. The third-order valence-corrected chi connectivity index (χ3v) is 4.50. The van der Waals surface area contributed by atoms with Crippen molar-refractivity contribution in [3.05, 3.63) is 43.2 Å². The van der Waals surface area contributed by atoms with E-state index in [9.17, 15) is 0 Å². The van der Waals surface area contributed by atoms with Crippen LogP contribution >= 0.6 is 11.8 Å². The first-order chi connectivity index (χ1) is 9.38. The Morgan fingerprint density at radius 1 is 1.32 bits per heavy atom. The van der Waals surface area contributed by atoms with Crippen LogP contribution < -0.4 is 0 Å². The van der Waals surface area contributed by atoms with Crippen molar-refractivity contribution < 1.29 is 4.74 Å². The minimum Gasteiger partial charge on any atom is -0.497 e. The van der Waals surface area contributed by atoms with Crippen LogP contribution in [0.1, 0.15) is 19.3 Å². The van der Waals surface area contributed by atoms with E-state index in [1.807, 2.05) is 11.8 Å². The lowest BCUT2D eigenvalue weighted by Crippen LogP contribution is -2.23. The zero-order valence-corrected chi connectivity index (χ0v) is 12.3. The molecule has 19 heavy (non-hydrogen) atoms. The molecule has 0 amide bonds. The van der Waals surface area contributed by atoms with Crippen LogP contribution in [0, 0.1) is 0 Å². The molecule has 1 atom stereocenters. The number of likely N-dealkylation sites (tertiary alicyclic amines) is 1. The number of unbranched alkanes of at least 4 members (excludes halogenated alkanes) is 1. The van der Waals surface area contributed by atoms with Gasteiger partial charge in [-0.1, -0.05) is 24.8 Å². The molecule has 0 radical (unpaired) electrons. The molecule has 0 aliphatic carbocycles. The van der Waals surface area contributed by atoms with Crippen LogP contribution in [-0.4, -0.2) is 36.4 Å². The Morgan fingerprint density at radius 2 is 2.16 bits per heavy atom. The van der Waals surface area contributed by atoms with Crippen LogP contribution in [0.4, 0.5) is 0 Å². The summed E-state index contributed by atoms with van der Waals surface area (Å²) in [6, 6.07) is 10.6. The first-order valence-corrected chi connectivity index (χ1v) is 8.03. The molecule has 1 unspecified atom stereocenters. The van der Waals surface area contributed by atoms with Gasteiger partial charge in [-0.2, -0.15) is 0 Å². The molecule has 2 rings (SSSR count). The van der Waals surface area contributed by atoms with Gasteiger partial charge in [-0.25, -0.2) is 0 Å². The second-order valence-electron chi connectivity index (χ2n) is 4.88. The Hall–Kier alpha value is -0.930. The molecule has 0 saturated carbocycles. The number of nitrogens with zero attached hydrogens (tertiary/aromatic N) is 1. The molecular formula is C16H23NOS. The average molecular weight is 277 g/mol. The second kappa shape index (κ2) is 8.28. The number of hydrogen-bond acceptors (Lipinski definition) is 3. The van der Waals surface area contributed by atoms with E-state index in [0.29, 0.717) is 6.10 Å². The Labute approximate surface area is 120 Å². The molecular weight excluding hydrogens is 254 g/mol. The maximum absolute atomic E-state index is 5.44. The van der Waals surface area contributed by atoms with Crippen LogP contribution in [0.2, 0.25) is 0 Å². The molecule has 0 bridgehead atoms. The molecule has 1 aliphatic rings. The predicted molar refractivity (Wildman–Crippen MR) is 82.5 cm³/mol. The topological polar surface area (TPSA) is 12.5 Å². The predicted octanol–water partition coefficient (Wildman–Crippen LogP) is 3.79. The Morgan fingerprint density at radius 3 is 2.95 bits per heavy atom. The fourth-order valence-corrected chi connectivity index (χ4v) is 3.33. The van der Waals surface area contributed by atoms with Gasteiger partial charge < -0.3 is 4.74 Å². The lowest BCUT2D eigenvalue weighted by Gasteiger charge is -2.15. The van der Waals surface area contributed by atoms with E-state index in [1.54, 1.807) is 6.26 Å². The van der Waals surface area contributed by atoms with E-state index < -0.39 is 0 Å². The molecule has 1 heterocycles. The first-order valence-electron chi connectivity index (χ1n) is 7.05. The van der Waals surface area contributed by atoms with E-state index >= 15 is 0 Å². The van der Waals surface area contributed by atoms with Crippen molar-refractivity contribution in [3.63, 3.8) is 0 Å². The highest BCUT2D eigenvalue weighted by molar-refractivity contribution is 7.99. The summed E-state index contributed by atoms with van der Waals surface area (Å²) in [7, 11) is 0. The van der Waals surface area contributed by atoms with Gasteiger partial charge in [0.25, 0.3) is 0 Å². The van der Waals surface area contributed by atoms with Crippen LogP contribution in [0.5, 0.6) is 0 Å². The van der Waals surface area contributed by atoms with Crippen molar-refractivity contribution in [2.45, 2.75) is 30.3 Å². The van der Waals surface area contributed by atoms with Gasteiger partial charge in [-0.15, -0.1) is 11.8 Å². The van der Waals surface area contributed by atoms with Crippen molar-refractivity contribution in [1.82, 2.24) is 4.90 Å². The highest BCUT2D eigenvalue weighted by atomic mass is 32.2. The minimum atomic E-state index is 0.371. The maximum atomic E-state index is 5.44. The molecule has 2 nitrogen and oxygen atoms in total. The zero-order chi connectivity index (χ0) is 13.3. The summed E-state index contributed by atoms with van der Waals surface area (Å²) in [6.45, 7) is 7.06. The van der Waals surface area contributed by atoms with Gasteiger partial charge in [0, 0.05) is 18.0 Å². The fourth-order valence-electron chi connectivity index (χ4n) is 2.39. The number of rotatable bonds is 8. The van der Waals surface area contributed by atoms with Crippen LogP contribution in [0.3, 0.4) is 0 Å². The van der Waals surface area contributed by atoms with Crippen molar-refractivity contribution in [1.29, 1.82) is 0 Å². The van der Waals surface area contributed by atoms with Crippen LogP contribution in [0.25, 0.3) is 0 Å². The number of thioether (sulfide) groups is 1. The van der Waals surface area contributed by atoms with Gasteiger partial charge in [-0.05, 0) is 43.7 Å².